The van der Waals surface area contributed by atoms with Crippen molar-refractivity contribution in [3.05, 3.63) is 76.7 Å². The Morgan fingerprint density at radius 1 is 1.10 bits per heavy atom. The fourth-order valence-corrected chi connectivity index (χ4v) is 4.65. The lowest BCUT2D eigenvalue weighted by atomic mass is 9.75. The number of hydrogen-bond acceptors (Lipinski definition) is 5. The van der Waals surface area contributed by atoms with Crippen molar-refractivity contribution < 1.29 is 14.4 Å². The molecule has 4 rings (SSSR count). The summed E-state index contributed by atoms with van der Waals surface area (Å²) in [6.45, 7) is 0.373. The SMILES string of the molecule is CN(Cc1nccs1)C(=O)CC1(c2ccc(-c3ccccc3)cc2)CC(=O)N(C)C1=O. The number of amides is 3. The fraction of sp³-hybridized carbons (Fsp3) is 0.250. The lowest BCUT2D eigenvalue weighted by Gasteiger charge is -2.28. The van der Waals surface area contributed by atoms with E-state index in [4.69, 9.17) is 0 Å². The summed E-state index contributed by atoms with van der Waals surface area (Å²) < 4.78 is 0. The summed E-state index contributed by atoms with van der Waals surface area (Å²) >= 11 is 1.47. The molecule has 31 heavy (non-hydrogen) atoms. The zero-order valence-electron chi connectivity index (χ0n) is 17.4. The van der Waals surface area contributed by atoms with E-state index in [0.29, 0.717) is 12.1 Å². The summed E-state index contributed by atoms with van der Waals surface area (Å²) in [7, 11) is 3.18. The third-order valence-corrected chi connectivity index (χ3v) is 6.58. The van der Waals surface area contributed by atoms with Gasteiger partial charge in [-0.3, -0.25) is 19.3 Å². The van der Waals surface area contributed by atoms with Crippen molar-refractivity contribution in [2.24, 2.45) is 0 Å². The second-order valence-electron chi connectivity index (χ2n) is 7.81. The summed E-state index contributed by atoms with van der Waals surface area (Å²) in [5.74, 6) is -0.799. The predicted molar refractivity (Wildman–Crippen MR) is 119 cm³/mol. The van der Waals surface area contributed by atoms with Crippen LogP contribution in [0.5, 0.6) is 0 Å². The number of benzene rings is 2. The summed E-state index contributed by atoms with van der Waals surface area (Å²) in [6, 6.07) is 17.5. The Morgan fingerprint density at radius 2 is 1.77 bits per heavy atom. The van der Waals surface area contributed by atoms with Crippen molar-refractivity contribution in [2.45, 2.75) is 24.8 Å². The zero-order valence-corrected chi connectivity index (χ0v) is 18.3. The van der Waals surface area contributed by atoms with Gasteiger partial charge in [0, 0.05) is 38.5 Å². The van der Waals surface area contributed by atoms with Gasteiger partial charge in [0.15, 0.2) is 0 Å². The Labute approximate surface area is 185 Å². The van der Waals surface area contributed by atoms with E-state index >= 15 is 0 Å². The molecule has 1 aromatic heterocycles. The van der Waals surface area contributed by atoms with Gasteiger partial charge in [-0.2, -0.15) is 0 Å². The predicted octanol–water partition coefficient (Wildman–Crippen LogP) is 3.49. The largest absolute Gasteiger partial charge is 0.339 e. The first-order valence-electron chi connectivity index (χ1n) is 10.00. The van der Waals surface area contributed by atoms with Crippen molar-refractivity contribution in [3.8, 4) is 11.1 Å². The molecule has 0 spiro atoms. The molecule has 1 atom stereocenters. The highest BCUT2D eigenvalue weighted by Gasteiger charge is 2.52. The Hall–Kier alpha value is -3.32. The van der Waals surface area contributed by atoms with E-state index in [1.54, 1.807) is 18.1 Å². The number of thiazole rings is 1. The van der Waals surface area contributed by atoms with E-state index in [2.05, 4.69) is 4.98 Å². The second kappa shape index (κ2) is 8.43. The molecule has 3 amide bonds. The number of aromatic nitrogens is 1. The monoisotopic (exact) mass is 433 g/mol. The third-order valence-electron chi connectivity index (χ3n) is 5.82. The number of hydrogen-bond donors (Lipinski definition) is 0. The van der Waals surface area contributed by atoms with Crippen molar-refractivity contribution in [3.63, 3.8) is 0 Å². The topological polar surface area (TPSA) is 70.6 Å². The summed E-state index contributed by atoms with van der Waals surface area (Å²) in [5.41, 5.74) is 1.57. The van der Waals surface area contributed by atoms with Crippen LogP contribution in [0.2, 0.25) is 0 Å². The highest BCUT2D eigenvalue weighted by molar-refractivity contribution is 7.09. The number of carbonyl (C=O) groups excluding carboxylic acids is 3. The minimum absolute atomic E-state index is 0.0101. The molecule has 6 nitrogen and oxygen atoms in total. The molecule has 0 bridgehead atoms. The second-order valence-corrected chi connectivity index (χ2v) is 8.79. The van der Waals surface area contributed by atoms with Crippen LogP contribution in [0.4, 0.5) is 0 Å². The normalized spacial score (nSPS) is 18.5. The highest BCUT2D eigenvalue weighted by Crippen LogP contribution is 2.40. The molecule has 1 fully saturated rings. The van der Waals surface area contributed by atoms with Crippen molar-refractivity contribution in [1.29, 1.82) is 0 Å². The number of likely N-dealkylation sites (tertiary alicyclic amines) is 1. The first-order valence-corrected chi connectivity index (χ1v) is 10.9. The molecule has 0 saturated carbocycles. The average Bonchev–Trinajstić information content (AvgIpc) is 3.37. The van der Waals surface area contributed by atoms with Gasteiger partial charge in [-0.05, 0) is 16.7 Å². The number of nitrogens with zero attached hydrogens (tertiary/aromatic N) is 3. The molecule has 1 aliphatic rings. The van der Waals surface area contributed by atoms with Crippen LogP contribution in [0, 0.1) is 0 Å². The van der Waals surface area contributed by atoms with Crippen LogP contribution in [0.15, 0.2) is 66.2 Å². The molecule has 1 saturated heterocycles. The minimum atomic E-state index is -1.19. The molecule has 2 aromatic carbocycles. The zero-order chi connectivity index (χ0) is 22.0. The molecule has 158 valence electrons. The van der Waals surface area contributed by atoms with E-state index in [1.807, 2.05) is 60.0 Å². The number of rotatable bonds is 6. The third kappa shape index (κ3) is 4.01. The van der Waals surface area contributed by atoms with Crippen LogP contribution in [0.25, 0.3) is 11.1 Å². The van der Waals surface area contributed by atoms with Gasteiger partial charge in [0.2, 0.25) is 17.7 Å². The van der Waals surface area contributed by atoms with Gasteiger partial charge in [-0.15, -0.1) is 11.3 Å². The van der Waals surface area contributed by atoms with Crippen LogP contribution >= 0.6 is 11.3 Å². The fourth-order valence-electron chi connectivity index (χ4n) is 3.98. The van der Waals surface area contributed by atoms with Gasteiger partial charge in [-0.1, -0.05) is 54.6 Å². The summed E-state index contributed by atoms with van der Waals surface area (Å²) in [5, 5.41) is 2.68. The molecular weight excluding hydrogens is 410 g/mol. The Morgan fingerprint density at radius 3 is 2.35 bits per heavy atom. The maximum absolute atomic E-state index is 13.2. The number of imide groups is 1. The Bertz CT molecular complexity index is 1100. The summed E-state index contributed by atoms with van der Waals surface area (Å²) in [4.78, 5) is 45.6. The van der Waals surface area contributed by atoms with Crippen molar-refractivity contribution in [1.82, 2.24) is 14.8 Å². The lowest BCUT2D eigenvalue weighted by Crippen LogP contribution is -2.41. The van der Waals surface area contributed by atoms with Gasteiger partial charge in [0.25, 0.3) is 0 Å². The van der Waals surface area contributed by atoms with E-state index in [1.165, 1.54) is 18.4 Å². The van der Waals surface area contributed by atoms with Gasteiger partial charge in [-0.25, -0.2) is 4.98 Å². The Kier molecular flexibility index (Phi) is 5.69. The van der Waals surface area contributed by atoms with Crippen LogP contribution in [0.3, 0.4) is 0 Å². The van der Waals surface area contributed by atoms with Crippen LogP contribution in [0.1, 0.15) is 23.4 Å². The number of likely N-dealkylation sites (N-methyl/N-ethyl adjacent to an activating group) is 1. The molecule has 0 radical (unpaired) electrons. The van der Waals surface area contributed by atoms with E-state index in [9.17, 15) is 14.4 Å². The van der Waals surface area contributed by atoms with E-state index in [0.717, 1.165) is 21.0 Å². The molecule has 0 N–H and O–H groups in total. The van der Waals surface area contributed by atoms with Crippen LogP contribution < -0.4 is 0 Å². The summed E-state index contributed by atoms with van der Waals surface area (Å²) in [6.07, 6.45) is 1.63. The minimum Gasteiger partial charge on any atom is -0.339 e. The van der Waals surface area contributed by atoms with Crippen molar-refractivity contribution in [2.75, 3.05) is 14.1 Å². The molecule has 0 aliphatic carbocycles. The smallest absolute Gasteiger partial charge is 0.240 e. The van der Waals surface area contributed by atoms with Gasteiger partial charge >= 0.3 is 0 Å². The maximum Gasteiger partial charge on any atom is 0.240 e. The number of carbonyl (C=O) groups is 3. The van der Waals surface area contributed by atoms with E-state index < -0.39 is 5.41 Å². The molecular formula is C24H23N3O3S. The lowest BCUT2D eigenvalue weighted by molar-refractivity contribution is -0.141. The molecule has 1 aliphatic heterocycles. The quantitative estimate of drug-likeness (QED) is 0.558. The molecule has 1 unspecified atom stereocenters. The van der Waals surface area contributed by atoms with Gasteiger partial charge < -0.3 is 4.90 Å². The van der Waals surface area contributed by atoms with E-state index in [-0.39, 0.29) is 30.6 Å². The highest BCUT2D eigenvalue weighted by atomic mass is 32.1. The van der Waals surface area contributed by atoms with Crippen molar-refractivity contribution >= 4 is 29.1 Å². The molecule has 2 heterocycles. The van der Waals surface area contributed by atoms with Crippen LogP contribution in [-0.2, 0) is 26.3 Å². The first kappa shape index (κ1) is 20.9. The van der Waals surface area contributed by atoms with Gasteiger partial charge in [0.1, 0.15) is 5.01 Å². The average molecular weight is 434 g/mol. The maximum atomic E-state index is 13.2. The molecule has 3 aromatic rings. The Balaban J connectivity index is 1.64. The van der Waals surface area contributed by atoms with Gasteiger partial charge in [0.05, 0.1) is 12.0 Å². The standard InChI is InChI=1S/C24H23N3O3S/c1-26(16-20-25-12-13-31-20)21(28)14-24(15-22(29)27(2)23(24)30)19-10-8-18(9-11-19)17-6-4-3-5-7-17/h3-13H,14-16H2,1-2H3. The molecule has 7 heteroatoms. The first-order chi connectivity index (χ1) is 14.9. The van der Waals surface area contributed by atoms with Crippen LogP contribution in [-0.4, -0.2) is 46.6 Å².